The van der Waals surface area contributed by atoms with E-state index in [9.17, 15) is 0 Å². The van der Waals surface area contributed by atoms with E-state index in [0.29, 0.717) is 12.4 Å². The maximum atomic E-state index is 5.43. The van der Waals surface area contributed by atoms with Gasteiger partial charge in [-0.3, -0.25) is 4.90 Å². The summed E-state index contributed by atoms with van der Waals surface area (Å²) >= 11 is 0. The van der Waals surface area contributed by atoms with Gasteiger partial charge in [0.2, 0.25) is 5.89 Å². The lowest BCUT2D eigenvalue weighted by Gasteiger charge is -2.31. The second-order valence-electron chi connectivity index (χ2n) is 4.46. The SMILES string of the molecule is CCC1CCCN(Cc2noc(CN)n2)C1. The Morgan fingerprint density at radius 3 is 3.12 bits per heavy atom. The van der Waals surface area contributed by atoms with Gasteiger partial charge in [0.1, 0.15) is 0 Å². The summed E-state index contributed by atoms with van der Waals surface area (Å²) in [7, 11) is 0. The summed E-state index contributed by atoms with van der Waals surface area (Å²) in [5.41, 5.74) is 5.43. The monoisotopic (exact) mass is 224 g/mol. The molecule has 1 aromatic heterocycles. The van der Waals surface area contributed by atoms with Crippen molar-refractivity contribution < 1.29 is 4.52 Å². The molecule has 1 unspecified atom stereocenters. The van der Waals surface area contributed by atoms with Gasteiger partial charge in [-0.05, 0) is 25.3 Å². The number of hydrogen-bond donors (Lipinski definition) is 1. The van der Waals surface area contributed by atoms with Gasteiger partial charge in [-0.25, -0.2) is 0 Å². The van der Waals surface area contributed by atoms with Crippen LogP contribution in [0.25, 0.3) is 0 Å². The normalized spacial score (nSPS) is 22.5. The van der Waals surface area contributed by atoms with Gasteiger partial charge in [0, 0.05) is 6.54 Å². The van der Waals surface area contributed by atoms with Crippen molar-refractivity contribution in [3.8, 4) is 0 Å². The summed E-state index contributed by atoms with van der Waals surface area (Å²) in [4.78, 5) is 6.63. The maximum Gasteiger partial charge on any atom is 0.240 e. The average molecular weight is 224 g/mol. The van der Waals surface area contributed by atoms with Crippen LogP contribution in [0.5, 0.6) is 0 Å². The molecule has 0 bridgehead atoms. The summed E-state index contributed by atoms with van der Waals surface area (Å²) in [6.45, 7) is 5.67. The molecule has 1 aliphatic heterocycles. The zero-order chi connectivity index (χ0) is 11.4. The van der Waals surface area contributed by atoms with Gasteiger partial charge in [-0.2, -0.15) is 4.98 Å². The van der Waals surface area contributed by atoms with Crippen LogP contribution in [0.3, 0.4) is 0 Å². The van der Waals surface area contributed by atoms with Crippen molar-refractivity contribution in [3.63, 3.8) is 0 Å². The highest BCUT2D eigenvalue weighted by atomic mass is 16.5. The lowest BCUT2D eigenvalue weighted by molar-refractivity contribution is 0.160. The Bertz CT molecular complexity index is 326. The van der Waals surface area contributed by atoms with E-state index >= 15 is 0 Å². The van der Waals surface area contributed by atoms with E-state index in [1.807, 2.05) is 0 Å². The first-order valence-electron chi connectivity index (χ1n) is 6.05. The van der Waals surface area contributed by atoms with Gasteiger partial charge in [0.05, 0.1) is 13.1 Å². The molecule has 0 saturated carbocycles. The summed E-state index contributed by atoms with van der Waals surface area (Å²) in [6, 6.07) is 0. The lowest BCUT2D eigenvalue weighted by atomic mass is 9.96. The molecule has 0 spiro atoms. The minimum absolute atomic E-state index is 0.324. The van der Waals surface area contributed by atoms with Crippen LogP contribution in [0.15, 0.2) is 4.52 Å². The van der Waals surface area contributed by atoms with Crippen molar-refractivity contribution in [2.24, 2.45) is 11.7 Å². The van der Waals surface area contributed by atoms with Crippen LogP contribution in [-0.2, 0) is 13.1 Å². The third-order valence-electron chi connectivity index (χ3n) is 3.23. The van der Waals surface area contributed by atoms with E-state index in [0.717, 1.165) is 31.4 Å². The van der Waals surface area contributed by atoms with E-state index in [4.69, 9.17) is 10.3 Å². The molecular formula is C11H20N4O. The van der Waals surface area contributed by atoms with Crippen molar-refractivity contribution >= 4 is 0 Å². The molecule has 0 aliphatic carbocycles. The van der Waals surface area contributed by atoms with Gasteiger partial charge in [-0.1, -0.05) is 18.5 Å². The standard InChI is InChI=1S/C11H20N4O/c1-2-9-4-3-5-15(7-9)8-10-13-11(6-12)16-14-10/h9H,2-8,12H2,1H3. The fraction of sp³-hybridized carbons (Fsp3) is 0.818. The second-order valence-corrected chi connectivity index (χ2v) is 4.46. The molecule has 0 radical (unpaired) electrons. The van der Waals surface area contributed by atoms with Gasteiger partial charge in [0.25, 0.3) is 0 Å². The van der Waals surface area contributed by atoms with Crippen LogP contribution in [0.1, 0.15) is 37.9 Å². The predicted molar refractivity (Wildman–Crippen MR) is 60.5 cm³/mol. The topological polar surface area (TPSA) is 68.2 Å². The number of nitrogens with two attached hydrogens (primary N) is 1. The van der Waals surface area contributed by atoms with Gasteiger partial charge >= 0.3 is 0 Å². The number of nitrogens with zero attached hydrogens (tertiary/aromatic N) is 3. The largest absolute Gasteiger partial charge is 0.338 e. The number of likely N-dealkylation sites (tertiary alicyclic amines) is 1. The first-order valence-corrected chi connectivity index (χ1v) is 6.05. The summed E-state index contributed by atoms with van der Waals surface area (Å²) in [5.74, 6) is 2.12. The third-order valence-corrected chi connectivity index (χ3v) is 3.23. The van der Waals surface area contributed by atoms with Crippen LogP contribution in [0.4, 0.5) is 0 Å². The van der Waals surface area contributed by atoms with Crippen LogP contribution < -0.4 is 5.73 Å². The molecular weight excluding hydrogens is 204 g/mol. The summed E-state index contributed by atoms with van der Waals surface area (Å²) in [5, 5.41) is 3.92. The van der Waals surface area contributed by atoms with Crippen molar-refractivity contribution in [1.29, 1.82) is 0 Å². The molecule has 2 heterocycles. The van der Waals surface area contributed by atoms with Crippen LogP contribution in [0, 0.1) is 5.92 Å². The van der Waals surface area contributed by atoms with Crippen LogP contribution in [0.2, 0.25) is 0 Å². The van der Waals surface area contributed by atoms with E-state index in [2.05, 4.69) is 22.0 Å². The summed E-state index contributed by atoms with van der Waals surface area (Å²) in [6.07, 6.45) is 3.89. The molecule has 1 fully saturated rings. The molecule has 0 aromatic carbocycles. The van der Waals surface area contributed by atoms with Crippen molar-refractivity contribution in [2.45, 2.75) is 39.3 Å². The Morgan fingerprint density at radius 1 is 1.56 bits per heavy atom. The Labute approximate surface area is 96.0 Å². The maximum absolute atomic E-state index is 5.43. The Hall–Kier alpha value is -0.940. The molecule has 5 nitrogen and oxygen atoms in total. The molecule has 90 valence electrons. The van der Waals surface area contributed by atoms with E-state index in [-0.39, 0.29) is 0 Å². The number of aromatic nitrogens is 2. The molecule has 2 N–H and O–H groups in total. The Kier molecular flexibility index (Phi) is 3.90. The second kappa shape index (κ2) is 5.41. The molecule has 5 heteroatoms. The van der Waals surface area contributed by atoms with Crippen LogP contribution >= 0.6 is 0 Å². The van der Waals surface area contributed by atoms with Crippen molar-refractivity contribution in [3.05, 3.63) is 11.7 Å². The van der Waals surface area contributed by atoms with Gasteiger partial charge in [-0.15, -0.1) is 0 Å². The zero-order valence-electron chi connectivity index (χ0n) is 9.85. The lowest BCUT2D eigenvalue weighted by Crippen LogP contribution is -2.34. The number of piperidine rings is 1. The number of rotatable bonds is 4. The first kappa shape index (κ1) is 11.5. The molecule has 1 aromatic rings. The molecule has 0 amide bonds. The fourth-order valence-corrected chi connectivity index (χ4v) is 2.27. The van der Waals surface area contributed by atoms with E-state index in [1.54, 1.807) is 0 Å². The molecule has 1 saturated heterocycles. The summed E-state index contributed by atoms with van der Waals surface area (Å²) < 4.78 is 5.00. The van der Waals surface area contributed by atoms with Gasteiger partial charge in [0.15, 0.2) is 5.82 Å². The molecule has 1 aliphatic rings. The molecule has 1 atom stereocenters. The third kappa shape index (κ3) is 2.80. The quantitative estimate of drug-likeness (QED) is 0.831. The Morgan fingerprint density at radius 2 is 2.44 bits per heavy atom. The predicted octanol–water partition coefficient (Wildman–Crippen LogP) is 1.15. The molecule has 2 rings (SSSR count). The molecule has 16 heavy (non-hydrogen) atoms. The van der Waals surface area contributed by atoms with Crippen molar-refractivity contribution in [1.82, 2.24) is 15.0 Å². The van der Waals surface area contributed by atoms with E-state index in [1.165, 1.54) is 19.3 Å². The first-order chi connectivity index (χ1) is 7.81. The number of hydrogen-bond acceptors (Lipinski definition) is 5. The average Bonchev–Trinajstić information content (AvgIpc) is 2.77. The Balaban J connectivity index is 1.88. The zero-order valence-corrected chi connectivity index (χ0v) is 9.85. The van der Waals surface area contributed by atoms with Gasteiger partial charge < -0.3 is 10.3 Å². The smallest absolute Gasteiger partial charge is 0.240 e. The highest BCUT2D eigenvalue weighted by Crippen LogP contribution is 2.20. The van der Waals surface area contributed by atoms with Crippen LogP contribution in [-0.4, -0.2) is 28.1 Å². The highest BCUT2D eigenvalue weighted by Gasteiger charge is 2.19. The minimum Gasteiger partial charge on any atom is -0.338 e. The van der Waals surface area contributed by atoms with Crippen molar-refractivity contribution in [2.75, 3.05) is 13.1 Å². The highest BCUT2D eigenvalue weighted by molar-refractivity contribution is 4.86. The fourth-order valence-electron chi connectivity index (χ4n) is 2.27. The van der Waals surface area contributed by atoms with E-state index < -0.39 is 0 Å². The minimum atomic E-state index is 0.324.